The quantitative estimate of drug-likeness (QED) is 0.517. The van der Waals surface area contributed by atoms with Crippen LogP contribution in [-0.4, -0.2) is 25.7 Å². The van der Waals surface area contributed by atoms with Gasteiger partial charge >= 0.3 is 0 Å². The number of unbranched alkanes of at least 4 members (excludes halogenated alkanes) is 2. The maximum atomic E-state index is 13.3. The first kappa shape index (κ1) is 20.8. The summed E-state index contributed by atoms with van der Waals surface area (Å²) in [6.45, 7) is 6.11. The number of rotatable bonds is 12. The predicted octanol–water partition coefficient (Wildman–Crippen LogP) is 4.53. The van der Waals surface area contributed by atoms with E-state index in [9.17, 15) is 13.2 Å². The van der Waals surface area contributed by atoms with Crippen molar-refractivity contribution in [3.63, 3.8) is 0 Å². The zero-order valence-corrected chi connectivity index (χ0v) is 15.9. The van der Waals surface area contributed by atoms with Gasteiger partial charge in [0.2, 0.25) is 14.8 Å². The minimum atomic E-state index is -3.91. The minimum absolute atomic E-state index is 0.151. The Balaban J connectivity index is 3.29. The van der Waals surface area contributed by atoms with Crippen LogP contribution in [0.4, 0.5) is 0 Å². The molecule has 1 rings (SSSR count). The summed E-state index contributed by atoms with van der Waals surface area (Å²) < 4.78 is 32.4. The van der Waals surface area contributed by atoms with Crippen molar-refractivity contribution in [1.82, 2.24) is 0 Å². The molecule has 0 saturated heterocycles. The molecule has 24 heavy (non-hydrogen) atoms. The van der Waals surface area contributed by atoms with E-state index in [-0.39, 0.29) is 30.1 Å². The molecule has 0 fully saturated rings. The molecule has 0 radical (unpaired) electrons. The molecule has 0 aliphatic carbocycles. The molecule has 0 heterocycles. The summed E-state index contributed by atoms with van der Waals surface area (Å²) in [5, 5.41) is 0. The van der Waals surface area contributed by atoms with Crippen LogP contribution in [0.5, 0.6) is 0 Å². The van der Waals surface area contributed by atoms with Crippen LogP contribution in [0, 0.1) is 0 Å². The number of ether oxygens (including phenoxy) is 1. The van der Waals surface area contributed by atoms with Crippen molar-refractivity contribution >= 4 is 15.6 Å². The minimum Gasteiger partial charge on any atom is -0.352 e. The van der Waals surface area contributed by atoms with Gasteiger partial charge in [0.25, 0.3) is 0 Å². The average Bonchev–Trinajstić information content (AvgIpc) is 2.58. The lowest BCUT2D eigenvalue weighted by atomic mass is 10.1. The Morgan fingerprint density at radius 2 is 1.67 bits per heavy atom. The van der Waals surface area contributed by atoms with Gasteiger partial charge in [0.1, 0.15) is 0 Å². The molecular formula is C19H30O4S. The first-order valence-electron chi connectivity index (χ1n) is 8.93. The van der Waals surface area contributed by atoms with Gasteiger partial charge in [-0.2, -0.15) is 0 Å². The zero-order chi connectivity index (χ0) is 18.1. The van der Waals surface area contributed by atoms with Crippen molar-refractivity contribution < 1.29 is 17.9 Å². The van der Waals surface area contributed by atoms with Gasteiger partial charge in [0, 0.05) is 13.0 Å². The van der Waals surface area contributed by atoms with Crippen molar-refractivity contribution in [2.75, 3.05) is 6.61 Å². The van der Waals surface area contributed by atoms with Gasteiger partial charge in [-0.15, -0.1) is 0 Å². The fraction of sp³-hybridized carbons (Fsp3) is 0.632. The lowest BCUT2D eigenvalue weighted by Crippen LogP contribution is -2.49. The number of ketones is 1. The van der Waals surface area contributed by atoms with Crippen molar-refractivity contribution in [2.45, 2.75) is 75.5 Å². The Bertz CT molecular complexity index is 595. The summed E-state index contributed by atoms with van der Waals surface area (Å²) in [6, 6.07) is 8.18. The summed E-state index contributed by atoms with van der Waals surface area (Å²) in [5.41, 5.74) is 0. The molecule has 0 saturated carbocycles. The monoisotopic (exact) mass is 354 g/mol. The van der Waals surface area contributed by atoms with Crippen LogP contribution in [0.15, 0.2) is 35.2 Å². The van der Waals surface area contributed by atoms with Gasteiger partial charge < -0.3 is 4.74 Å². The molecular weight excluding hydrogens is 324 g/mol. The van der Waals surface area contributed by atoms with E-state index >= 15 is 0 Å². The molecule has 0 aliphatic heterocycles. The normalized spacial score (nSPS) is 14.3. The van der Waals surface area contributed by atoms with Crippen LogP contribution < -0.4 is 0 Å². The Kier molecular flexibility index (Phi) is 8.63. The number of carbonyl (C=O) groups excluding carboxylic acids is 1. The van der Waals surface area contributed by atoms with Crippen LogP contribution in [0.2, 0.25) is 0 Å². The van der Waals surface area contributed by atoms with Crippen molar-refractivity contribution in [3.05, 3.63) is 30.3 Å². The highest BCUT2D eigenvalue weighted by atomic mass is 32.2. The summed E-state index contributed by atoms with van der Waals surface area (Å²) in [6.07, 6.45) is 4.29. The highest BCUT2D eigenvalue weighted by Gasteiger charge is 2.50. The smallest absolute Gasteiger partial charge is 0.231 e. The summed E-state index contributed by atoms with van der Waals surface area (Å²) in [5.74, 6) is -0.327. The van der Waals surface area contributed by atoms with Gasteiger partial charge in [-0.25, -0.2) is 8.42 Å². The third-order valence-electron chi connectivity index (χ3n) is 4.05. The largest absolute Gasteiger partial charge is 0.352 e. The van der Waals surface area contributed by atoms with Gasteiger partial charge in [-0.1, -0.05) is 58.2 Å². The zero-order valence-electron chi connectivity index (χ0n) is 15.1. The molecule has 5 heteroatoms. The van der Waals surface area contributed by atoms with Crippen molar-refractivity contribution in [3.8, 4) is 0 Å². The number of hydrogen-bond acceptors (Lipinski definition) is 4. The highest BCUT2D eigenvalue weighted by molar-refractivity contribution is 7.93. The molecule has 136 valence electrons. The van der Waals surface area contributed by atoms with Crippen molar-refractivity contribution in [2.24, 2.45) is 0 Å². The second-order valence-electron chi connectivity index (χ2n) is 6.05. The lowest BCUT2D eigenvalue weighted by Gasteiger charge is -2.32. The van der Waals surface area contributed by atoms with E-state index in [0.717, 1.165) is 19.3 Å². The molecule has 0 aromatic heterocycles. The van der Waals surface area contributed by atoms with Crippen LogP contribution in [0.1, 0.15) is 65.7 Å². The summed E-state index contributed by atoms with van der Waals surface area (Å²) in [4.78, 5) is 11.2. The van der Waals surface area contributed by atoms with E-state index < -0.39 is 14.8 Å². The maximum absolute atomic E-state index is 13.3. The third-order valence-corrected chi connectivity index (χ3v) is 6.36. The molecule has 1 aromatic rings. The van der Waals surface area contributed by atoms with Crippen LogP contribution in [-0.2, 0) is 19.4 Å². The number of Topliss-reactive ketones (excluding diaryl/α,β-unsaturated/α-hetero) is 1. The number of benzene rings is 1. The molecule has 4 nitrogen and oxygen atoms in total. The first-order valence-corrected chi connectivity index (χ1v) is 10.4. The van der Waals surface area contributed by atoms with Gasteiger partial charge in [-0.3, -0.25) is 4.79 Å². The van der Waals surface area contributed by atoms with Crippen LogP contribution >= 0.6 is 0 Å². The Labute approximate surface area is 146 Å². The topological polar surface area (TPSA) is 60.4 Å². The molecule has 0 N–H and O–H groups in total. The lowest BCUT2D eigenvalue weighted by molar-refractivity contribution is -0.135. The van der Waals surface area contributed by atoms with E-state index in [1.165, 1.54) is 12.1 Å². The van der Waals surface area contributed by atoms with Crippen molar-refractivity contribution in [1.29, 1.82) is 0 Å². The Morgan fingerprint density at radius 3 is 2.21 bits per heavy atom. The highest BCUT2D eigenvalue weighted by Crippen LogP contribution is 2.34. The van der Waals surface area contributed by atoms with Crippen LogP contribution in [0.3, 0.4) is 0 Å². The molecule has 1 aromatic carbocycles. The van der Waals surface area contributed by atoms with E-state index in [0.29, 0.717) is 12.8 Å². The van der Waals surface area contributed by atoms with E-state index in [1.807, 2.05) is 13.8 Å². The fourth-order valence-electron chi connectivity index (χ4n) is 2.78. The predicted molar refractivity (Wildman–Crippen MR) is 96.7 cm³/mol. The Morgan fingerprint density at radius 1 is 1.00 bits per heavy atom. The second kappa shape index (κ2) is 9.94. The number of hydrogen-bond donors (Lipinski definition) is 0. The molecule has 0 bridgehead atoms. The summed E-state index contributed by atoms with van der Waals surface area (Å²) in [7, 11) is -3.91. The molecule has 1 unspecified atom stereocenters. The van der Waals surface area contributed by atoms with E-state index in [2.05, 4.69) is 6.92 Å². The maximum Gasteiger partial charge on any atom is 0.231 e. The number of carbonyl (C=O) groups is 1. The van der Waals surface area contributed by atoms with Gasteiger partial charge in [0.15, 0.2) is 5.78 Å². The average molecular weight is 355 g/mol. The SMILES string of the molecule is CCCCCOC(CCC)(C(=O)CCC)S(=O)(=O)c1ccccc1. The fourth-order valence-corrected chi connectivity index (χ4v) is 4.79. The van der Waals surface area contributed by atoms with Gasteiger partial charge in [-0.05, 0) is 31.4 Å². The second-order valence-corrected chi connectivity index (χ2v) is 8.19. The van der Waals surface area contributed by atoms with E-state index in [1.54, 1.807) is 18.2 Å². The standard InChI is InChI=1S/C19H30O4S/c1-4-7-11-16-23-19(15-6-3,18(20)12-5-2)24(21,22)17-13-9-8-10-14-17/h8-10,13-14H,4-7,11-12,15-16H2,1-3H3. The molecule has 0 spiro atoms. The molecule has 1 atom stereocenters. The molecule has 0 aliphatic rings. The van der Waals surface area contributed by atoms with Crippen LogP contribution in [0.25, 0.3) is 0 Å². The van der Waals surface area contributed by atoms with Gasteiger partial charge in [0.05, 0.1) is 4.90 Å². The third kappa shape index (κ3) is 4.67. The van der Waals surface area contributed by atoms with E-state index in [4.69, 9.17) is 4.74 Å². The molecule has 0 amide bonds. The first-order chi connectivity index (χ1) is 11.5. The number of sulfone groups is 1. The summed E-state index contributed by atoms with van der Waals surface area (Å²) >= 11 is 0. The Hall–Kier alpha value is -1.20.